The molecule has 0 bridgehead atoms. The molecule has 1 N–H and O–H groups in total. The van der Waals surface area contributed by atoms with E-state index in [2.05, 4.69) is 19.9 Å². The first kappa shape index (κ1) is 14.0. The second-order valence-electron chi connectivity index (χ2n) is 3.81. The van der Waals surface area contributed by atoms with E-state index < -0.39 is 10.0 Å². The van der Waals surface area contributed by atoms with Gasteiger partial charge >= 0.3 is 0 Å². The number of hydrogen-bond acceptors (Lipinski definition) is 5. The summed E-state index contributed by atoms with van der Waals surface area (Å²) in [5, 5.41) is 7.42. The van der Waals surface area contributed by atoms with E-state index in [9.17, 15) is 8.42 Å². The van der Waals surface area contributed by atoms with Gasteiger partial charge in [0.2, 0.25) is 5.03 Å². The third-order valence-electron chi connectivity index (χ3n) is 2.55. The lowest BCUT2D eigenvalue weighted by Crippen LogP contribution is -2.25. The Balaban J connectivity index is 2.17. The van der Waals surface area contributed by atoms with Crippen LogP contribution in [0.25, 0.3) is 0 Å². The van der Waals surface area contributed by atoms with E-state index in [4.69, 9.17) is 11.6 Å². The smallest absolute Gasteiger partial charge is 0.261 e. The summed E-state index contributed by atoms with van der Waals surface area (Å²) < 4.78 is 29.6. The topological polar surface area (TPSA) is 94.7 Å². The van der Waals surface area contributed by atoms with Crippen LogP contribution >= 0.6 is 11.6 Å². The van der Waals surface area contributed by atoms with Gasteiger partial charge in [-0.1, -0.05) is 11.6 Å². The highest BCUT2D eigenvalue weighted by Gasteiger charge is 2.22. The molecule has 0 spiro atoms. The summed E-state index contributed by atoms with van der Waals surface area (Å²) in [6, 6.07) is 0. The van der Waals surface area contributed by atoms with Crippen molar-refractivity contribution in [2.75, 3.05) is 0 Å². The average Bonchev–Trinajstić information content (AvgIpc) is 2.95. The molecule has 0 fully saturated rings. The molecule has 2 aromatic rings. The summed E-state index contributed by atoms with van der Waals surface area (Å²) in [5.41, 5.74) is 0. The number of nitrogens with zero attached hydrogens (tertiary/aromatic N) is 5. The largest absolute Gasteiger partial charge is 0.324 e. The maximum atomic E-state index is 12.0. The van der Waals surface area contributed by atoms with Crippen molar-refractivity contribution >= 4 is 21.6 Å². The summed E-state index contributed by atoms with van der Waals surface area (Å²) in [6.07, 6.45) is 2.88. The summed E-state index contributed by atoms with van der Waals surface area (Å²) in [7, 11) is -2.15. The number of imidazole rings is 1. The fourth-order valence-corrected chi connectivity index (χ4v) is 2.89. The molecule has 2 heterocycles. The molecule has 2 rings (SSSR count). The quantitative estimate of drug-likeness (QED) is 0.849. The van der Waals surface area contributed by atoms with Crippen LogP contribution in [0.3, 0.4) is 0 Å². The molecule has 0 unspecified atom stereocenters. The Bertz CT molecular complexity index is 677. The van der Waals surface area contributed by atoms with Crippen LogP contribution in [0.15, 0.2) is 17.7 Å². The molecule has 0 amide bonds. The lowest BCUT2D eigenvalue weighted by Gasteiger charge is -2.05. The normalized spacial score (nSPS) is 11.9. The van der Waals surface area contributed by atoms with Crippen molar-refractivity contribution in [2.45, 2.75) is 25.0 Å². The highest BCUT2D eigenvalue weighted by atomic mass is 35.5. The van der Waals surface area contributed by atoms with Crippen LogP contribution in [0.5, 0.6) is 0 Å². The summed E-state index contributed by atoms with van der Waals surface area (Å²) >= 11 is 5.86. The van der Waals surface area contributed by atoms with Crippen molar-refractivity contribution in [2.24, 2.45) is 7.05 Å². The second-order valence-corrected chi connectivity index (χ2v) is 5.85. The summed E-state index contributed by atoms with van der Waals surface area (Å²) in [6.45, 7) is 2.61. The van der Waals surface area contributed by atoms with Crippen LogP contribution in [0.4, 0.5) is 0 Å². The molecule has 0 aliphatic rings. The lowest BCUT2D eigenvalue weighted by atomic mass is 10.6. The predicted molar refractivity (Wildman–Crippen MR) is 67.9 cm³/mol. The van der Waals surface area contributed by atoms with E-state index in [1.165, 1.54) is 17.2 Å². The fourth-order valence-electron chi connectivity index (χ4n) is 1.48. The minimum Gasteiger partial charge on any atom is -0.324 e. The zero-order chi connectivity index (χ0) is 14.0. The highest BCUT2D eigenvalue weighted by molar-refractivity contribution is 7.89. The van der Waals surface area contributed by atoms with Crippen molar-refractivity contribution in [1.82, 2.24) is 29.0 Å². The van der Waals surface area contributed by atoms with Gasteiger partial charge < -0.3 is 9.13 Å². The van der Waals surface area contributed by atoms with Gasteiger partial charge in [0.05, 0.1) is 12.9 Å². The molecule has 0 aliphatic carbocycles. The predicted octanol–water partition coefficient (Wildman–Crippen LogP) is 0.163. The molecule has 104 valence electrons. The van der Waals surface area contributed by atoms with E-state index >= 15 is 0 Å². The number of halogens is 1. The molecule has 0 saturated carbocycles. The average molecular weight is 305 g/mol. The van der Waals surface area contributed by atoms with Gasteiger partial charge in [0, 0.05) is 13.6 Å². The molecular formula is C9H13ClN6O2S. The van der Waals surface area contributed by atoms with Crippen molar-refractivity contribution in [3.63, 3.8) is 0 Å². The van der Waals surface area contributed by atoms with Gasteiger partial charge in [0.15, 0.2) is 0 Å². The second kappa shape index (κ2) is 5.27. The molecule has 8 nitrogen and oxygen atoms in total. The van der Waals surface area contributed by atoms with Crippen LogP contribution in [0, 0.1) is 0 Å². The molecule has 10 heteroatoms. The monoisotopic (exact) mass is 304 g/mol. The van der Waals surface area contributed by atoms with Crippen LogP contribution < -0.4 is 4.72 Å². The molecule has 19 heavy (non-hydrogen) atoms. The zero-order valence-corrected chi connectivity index (χ0v) is 12.0. The van der Waals surface area contributed by atoms with E-state index in [1.54, 1.807) is 11.6 Å². The molecule has 0 saturated heterocycles. The van der Waals surface area contributed by atoms with E-state index in [-0.39, 0.29) is 16.7 Å². The Morgan fingerprint density at radius 1 is 1.42 bits per heavy atom. The Morgan fingerprint density at radius 2 is 2.16 bits per heavy atom. The molecule has 0 atom stereocenters. The minimum atomic E-state index is -3.77. The van der Waals surface area contributed by atoms with Gasteiger partial charge in [-0.15, -0.1) is 10.2 Å². The third-order valence-corrected chi connectivity index (χ3v) is 4.44. The Morgan fingerprint density at radius 3 is 2.74 bits per heavy atom. The van der Waals surface area contributed by atoms with Gasteiger partial charge in [0.1, 0.15) is 17.3 Å². The molecule has 2 aromatic heterocycles. The SMILES string of the molecule is CCn1cnnc1CNS(=O)(=O)c1ncn(C)c1Cl. The number of hydrogen-bond donors (Lipinski definition) is 1. The first-order valence-corrected chi connectivity index (χ1v) is 7.35. The molecule has 0 aliphatic heterocycles. The maximum Gasteiger partial charge on any atom is 0.261 e. The first-order chi connectivity index (χ1) is 8.95. The third kappa shape index (κ3) is 2.77. The van der Waals surface area contributed by atoms with Crippen LogP contribution in [-0.4, -0.2) is 32.7 Å². The van der Waals surface area contributed by atoms with Crippen LogP contribution in [-0.2, 0) is 30.2 Å². The van der Waals surface area contributed by atoms with Crippen LogP contribution in [0.1, 0.15) is 12.7 Å². The first-order valence-electron chi connectivity index (χ1n) is 5.49. The molecule has 0 aromatic carbocycles. The number of nitrogens with one attached hydrogen (secondary N) is 1. The van der Waals surface area contributed by atoms with E-state index in [0.29, 0.717) is 12.4 Å². The van der Waals surface area contributed by atoms with Gasteiger partial charge in [-0.05, 0) is 6.92 Å². The summed E-state index contributed by atoms with van der Waals surface area (Å²) in [4.78, 5) is 3.77. The zero-order valence-electron chi connectivity index (χ0n) is 10.4. The van der Waals surface area contributed by atoms with Crippen LogP contribution in [0.2, 0.25) is 5.15 Å². The molecular weight excluding hydrogens is 292 g/mol. The van der Waals surface area contributed by atoms with Crippen molar-refractivity contribution in [3.05, 3.63) is 23.6 Å². The van der Waals surface area contributed by atoms with Crippen molar-refractivity contribution < 1.29 is 8.42 Å². The standard InChI is InChI=1S/C9H13ClN6O2S/c1-3-16-6-12-14-7(16)4-13-19(17,18)9-8(10)15(2)5-11-9/h5-6,13H,3-4H2,1-2H3. The number of aryl methyl sites for hydroxylation is 2. The Kier molecular flexibility index (Phi) is 3.88. The number of rotatable bonds is 5. The Hall–Kier alpha value is -1.45. The van der Waals surface area contributed by atoms with Gasteiger partial charge in [-0.3, -0.25) is 0 Å². The van der Waals surface area contributed by atoms with E-state index in [1.807, 2.05) is 6.92 Å². The molecule has 0 radical (unpaired) electrons. The van der Waals surface area contributed by atoms with Crippen molar-refractivity contribution in [3.8, 4) is 0 Å². The van der Waals surface area contributed by atoms with Crippen molar-refractivity contribution in [1.29, 1.82) is 0 Å². The lowest BCUT2D eigenvalue weighted by molar-refractivity contribution is 0.572. The highest BCUT2D eigenvalue weighted by Crippen LogP contribution is 2.18. The van der Waals surface area contributed by atoms with Gasteiger partial charge in [-0.2, -0.15) is 0 Å². The maximum absolute atomic E-state index is 12.0. The van der Waals surface area contributed by atoms with E-state index in [0.717, 1.165) is 0 Å². The summed E-state index contributed by atoms with van der Waals surface area (Å²) in [5.74, 6) is 0.526. The fraction of sp³-hybridized carbons (Fsp3) is 0.444. The number of sulfonamides is 1. The number of aromatic nitrogens is 5. The van der Waals surface area contributed by atoms with Gasteiger partial charge in [0.25, 0.3) is 10.0 Å². The van der Waals surface area contributed by atoms with Gasteiger partial charge in [-0.25, -0.2) is 18.1 Å². The minimum absolute atomic E-state index is 0.0308. The Labute approximate surface area is 115 Å².